The van der Waals surface area contributed by atoms with Crippen LogP contribution in [0.3, 0.4) is 0 Å². The van der Waals surface area contributed by atoms with Gasteiger partial charge in [-0.2, -0.15) is 0 Å². The molecule has 0 saturated heterocycles. The number of hydrogen-bond donors (Lipinski definition) is 1. The molecule has 0 aromatic carbocycles. The van der Waals surface area contributed by atoms with Crippen LogP contribution >= 0.6 is 23.2 Å². The fraction of sp³-hybridized carbons (Fsp3) is 0.286. The number of rotatable bonds is 5. The largest absolute Gasteiger partial charge is 0.309 e. The van der Waals surface area contributed by atoms with E-state index in [2.05, 4.69) is 22.2 Å². The van der Waals surface area contributed by atoms with E-state index < -0.39 is 0 Å². The molecule has 100 valence electrons. The minimum absolute atomic E-state index is 0.0321. The van der Waals surface area contributed by atoms with Gasteiger partial charge >= 0.3 is 0 Å². The highest BCUT2D eigenvalue weighted by atomic mass is 35.5. The molecule has 0 radical (unpaired) electrons. The van der Waals surface area contributed by atoms with E-state index >= 15 is 0 Å². The van der Waals surface area contributed by atoms with E-state index in [1.807, 2.05) is 18.2 Å². The topological polar surface area (TPSA) is 37.8 Å². The number of nitrogens with zero attached hydrogens (tertiary/aromatic N) is 2. The second kappa shape index (κ2) is 6.85. The van der Waals surface area contributed by atoms with Crippen LogP contribution in [0, 0.1) is 0 Å². The van der Waals surface area contributed by atoms with Gasteiger partial charge < -0.3 is 5.32 Å². The van der Waals surface area contributed by atoms with Crippen molar-refractivity contribution in [3.05, 3.63) is 58.1 Å². The molecule has 0 saturated carbocycles. The van der Waals surface area contributed by atoms with Crippen molar-refractivity contribution in [3.8, 4) is 0 Å². The first-order chi connectivity index (χ1) is 9.20. The minimum atomic E-state index is 0.0321. The van der Waals surface area contributed by atoms with Crippen LogP contribution in [0.2, 0.25) is 10.0 Å². The monoisotopic (exact) mass is 295 g/mol. The Kier molecular flexibility index (Phi) is 5.14. The lowest BCUT2D eigenvalue weighted by molar-refractivity contribution is 0.531. The molecule has 0 aliphatic carbocycles. The summed E-state index contributed by atoms with van der Waals surface area (Å²) in [4.78, 5) is 8.68. The van der Waals surface area contributed by atoms with Crippen molar-refractivity contribution < 1.29 is 0 Å². The number of pyridine rings is 2. The summed E-state index contributed by atoms with van der Waals surface area (Å²) >= 11 is 12.1. The number of hydrogen-bond acceptors (Lipinski definition) is 3. The molecule has 19 heavy (non-hydrogen) atoms. The zero-order valence-electron chi connectivity index (χ0n) is 10.6. The zero-order valence-corrected chi connectivity index (χ0v) is 12.1. The second-order valence-electron chi connectivity index (χ2n) is 4.16. The number of likely N-dealkylation sites (N-methyl/N-ethyl adjacent to an activating group) is 1. The van der Waals surface area contributed by atoms with Crippen LogP contribution in [0.5, 0.6) is 0 Å². The molecule has 1 atom stereocenters. The van der Waals surface area contributed by atoms with E-state index in [-0.39, 0.29) is 6.04 Å². The predicted molar refractivity (Wildman–Crippen MR) is 78.6 cm³/mol. The standard InChI is InChI=1S/C14H15Cl2N3/c1-2-17-13(8-11-5-3-4-6-18-11)14-12(16)7-10(15)9-19-14/h3-7,9,13,17H,2,8H2,1H3. The Morgan fingerprint density at radius 1 is 1.26 bits per heavy atom. The first-order valence-corrected chi connectivity index (χ1v) is 6.90. The molecule has 2 aromatic heterocycles. The Hall–Kier alpha value is -1.16. The van der Waals surface area contributed by atoms with Crippen LogP contribution in [-0.2, 0) is 6.42 Å². The van der Waals surface area contributed by atoms with Crippen LogP contribution in [0.4, 0.5) is 0 Å². The summed E-state index contributed by atoms with van der Waals surface area (Å²) < 4.78 is 0. The highest BCUT2D eigenvalue weighted by molar-refractivity contribution is 6.34. The van der Waals surface area contributed by atoms with E-state index in [0.717, 1.165) is 24.4 Å². The minimum Gasteiger partial charge on any atom is -0.309 e. The van der Waals surface area contributed by atoms with Gasteiger partial charge in [-0.25, -0.2) is 0 Å². The molecule has 0 aliphatic rings. The van der Waals surface area contributed by atoms with Crippen molar-refractivity contribution in [1.82, 2.24) is 15.3 Å². The van der Waals surface area contributed by atoms with Gasteiger partial charge in [0.25, 0.3) is 0 Å². The lowest BCUT2D eigenvalue weighted by atomic mass is 10.1. The summed E-state index contributed by atoms with van der Waals surface area (Å²) in [7, 11) is 0. The maximum absolute atomic E-state index is 6.22. The van der Waals surface area contributed by atoms with Crippen molar-refractivity contribution >= 4 is 23.2 Å². The Morgan fingerprint density at radius 2 is 2.11 bits per heavy atom. The molecule has 2 rings (SSSR count). The molecule has 0 bridgehead atoms. The molecule has 0 amide bonds. The van der Waals surface area contributed by atoms with Gasteiger partial charge in [-0.15, -0.1) is 0 Å². The van der Waals surface area contributed by atoms with Crippen LogP contribution in [0.15, 0.2) is 36.7 Å². The molecule has 2 heterocycles. The molecular weight excluding hydrogens is 281 g/mol. The molecule has 1 N–H and O–H groups in total. The average molecular weight is 296 g/mol. The second-order valence-corrected chi connectivity index (χ2v) is 5.00. The summed E-state index contributed by atoms with van der Waals surface area (Å²) in [6.07, 6.45) is 4.14. The molecular formula is C14H15Cl2N3. The average Bonchev–Trinajstić information content (AvgIpc) is 2.39. The first-order valence-electron chi connectivity index (χ1n) is 6.15. The van der Waals surface area contributed by atoms with Crippen LogP contribution in [0.25, 0.3) is 0 Å². The van der Waals surface area contributed by atoms with Crippen molar-refractivity contribution in [2.75, 3.05) is 6.54 Å². The van der Waals surface area contributed by atoms with Gasteiger partial charge in [-0.3, -0.25) is 9.97 Å². The highest BCUT2D eigenvalue weighted by Crippen LogP contribution is 2.25. The fourth-order valence-corrected chi connectivity index (χ4v) is 2.43. The van der Waals surface area contributed by atoms with Gasteiger partial charge in [-0.05, 0) is 24.7 Å². The summed E-state index contributed by atoms with van der Waals surface area (Å²) in [5.74, 6) is 0. The maximum atomic E-state index is 6.22. The summed E-state index contributed by atoms with van der Waals surface area (Å²) in [6, 6.07) is 7.62. The fourth-order valence-electron chi connectivity index (χ4n) is 1.92. The molecule has 0 fully saturated rings. The highest BCUT2D eigenvalue weighted by Gasteiger charge is 2.16. The van der Waals surface area contributed by atoms with Crippen LogP contribution in [-0.4, -0.2) is 16.5 Å². The van der Waals surface area contributed by atoms with Crippen molar-refractivity contribution in [3.63, 3.8) is 0 Å². The molecule has 2 aromatic rings. The summed E-state index contributed by atoms with van der Waals surface area (Å²) in [6.45, 7) is 2.88. The van der Waals surface area contributed by atoms with Crippen molar-refractivity contribution in [1.29, 1.82) is 0 Å². The van der Waals surface area contributed by atoms with Gasteiger partial charge in [0.2, 0.25) is 0 Å². The molecule has 0 spiro atoms. The van der Waals surface area contributed by atoms with Crippen molar-refractivity contribution in [2.45, 2.75) is 19.4 Å². The van der Waals surface area contributed by atoms with Gasteiger partial charge in [0, 0.05) is 24.5 Å². The SMILES string of the molecule is CCNC(Cc1ccccn1)c1ncc(Cl)cc1Cl. The maximum Gasteiger partial charge on any atom is 0.0764 e. The predicted octanol–water partition coefficient (Wildman–Crippen LogP) is 3.68. The van der Waals surface area contributed by atoms with Gasteiger partial charge in [0.1, 0.15) is 0 Å². The van der Waals surface area contributed by atoms with E-state index in [1.165, 1.54) is 0 Å². The molecule has 5 heteroatoms. The third-order valence-corrected chi connectivity index (χ3v) is 3.27. The Bertz CT molecular complexity index is 531. The normalized spacial score (nSPS) is 12.4. The molecule has 1 unspecified atom stereocenters. The third kappa shape index (κ3) is 3.90. The summed E-state index contributed by atoms with van der Waals surface area (Å²) in [5, 5.41) is 4.50. The third-order valence-electron chi connectivity index (χ3n) is 2.76. The lowest BCUT2D eigenvalue weighted by Crippen LogP contribution is -2.24. The van der Waals surface area contributed by atoms with Gasteiger partial charge in [0.05, 0.1) is 21.8 Å². The van der Waals surface area contributed by atoms with E-state index in [9.17, 15) is 0 Å². The van der Waals surface area contributed by atoms with E-state index in [0.29, 0.717) is 10.0 Å². The lowest BCUT2D eigenvalue weighted by Gasteiger charge is -2.18. The van der Waals surface area contributed by atoms with Crippen molar-refractivity contribution in [2.24, 2.45) is 0 Å². The Labute approximate surface area is 123 Å². The zero-order chi connectivity index (χ0) is 13.7. The van der Waals surface area contributed by atoms with E-state index in [1.54, 1.807) is 18.5 Å². The van der Waals surface area contributed by atoms with E-state index in [4.69, 9.17) is 23.2 Å². The smallest absolute Gasteiger partial charge is 0.0764 e. The number of halogens is 2. The van der Waals surface area contributed by atoms with Crippen LogP contribution < -0.4 is 5.32 Å². The Balaban J connectivity index is 2.24. The van der Waals surface area contributed by atoms with Gasteiger partial charge in [0.15, 0.2) is 0 Å². The molecule has 3 nitrogen and oxygen atoms in total. The number of nitrogens with one attached hydrogen (secondary N) is 1. The van der Waals surface area contributed by atoms with Crippen LogP contribution in [0.1, 0.15) is 24.4 Å². The van der Waals surface area contributed by atoms with Gasteiger partial charge in [-0.1, -0.05) is 36.2 Å². The summed E-state index contributed by atoms with van der Waals surface area (Å²) in [5.41, 5.74) is 1.81. The first kappa shape index (κ1) is 14.3. The Morgan fingerprint density at radius 3 is 2.74 bits per heavy atom. The quantitative estimate of drug-likeness (QED) is 0.914. The number of aromatic nitrogens is 2. The molecule has 0 aliphatic heterocycles.